The van der Waals surface area contributed by atoms with Gasteiger partial charge in [0, 0.05) is 33.9 Å². The molecule has 4 nitrogen and oxygen atoms in total. The van der Waals surface area contributed by atoms with Crippen LogP contribution in [0.15, 0.2) is 109 Å². The number of methoxy groups -OCH3 is 1. The zero-order chi connectivity index (χ0) is 25.2. The molecule has 0 aliphatic carbocycles. The first-order chi connectivity index (χ1) is 18.8. The highest BCUT2D eigenvalue weighted by Crippen LogP contribution is 2.47. The molecule has 0 N–H and O–H groups in total. The minimum absolute atomic E-state index is 0.837. The van der Waals surface area contributed by atoms with Crippen LogP contribution in [0.25, 0.3) is 76.6 Å². The van der Waals surface area contributed by atoms with Crippen LogP contribution >= 0.6 is 0 Å². The van der Waals surface area contributed by atoms with Crippen LogP contribution in [-0.4, -0.2) is 22.1 Å². The number of hydrogen-bond donors (Lipinski definition) is 0. The molecule has 0 atom stereocenters. The SMILES string of the molecule is COc1ccc(-c2ccc3c4ccccc4c4cc5nc(-c6ccccn6)c4c3c2c2cccnc52)cc1. The predicted octanol–water partition coefficient (Wildman–Crippen LogP) is 8.42. The quantitative estimate of drug-likeness (QED) is 0.235. The van der Waals surface area contributed by atoms with E-state index in [4.69, 9.17) is 19.7 Å². The van der Waals surface area contributed by atoms with Gasteiger partial charge in [-0.05, 0) is 69.1 Å². The second-order valence-corrected chi connectivity index (χ2v) is 9.58. The highest BCUT2D eigenvalue weighted by atomic mass is 16.5. The Hall–Kier alpha value is -5.09. The van der Waals surface area contributed by atoms with E-state index < -0.39 is 0 Å². The van der Waals surface area contributed by atoms with Crippen LogP contribution in [0.5, 0.6) is 5.75 Å². The average molecular weight is 488 g/mol. The zero-order valence-corrected chi connectivity index (χ0v) is 20.6. The molecule has 9 aromatic rings. The number of ether oxygens (including phenoxy) is 1. The molecule has 4 heterocycles. The molecule has 0 saturated heterocycles. The van der Waals surface area contributed by atoms with Crippen LogP contribution in [0.4, 0.5) is 0 Å². The topological polar surface area (TPSA) is 47.9 Å². The molecule has 0 fully saturated rings. The van der Waals surface area contributed by atoms with Crippen molar-refractivity contribution in [2.24, 2.45) is 0 Å². The van der Waals surface area contributed by atoms with Gasteiger partial charge < -0.3 is 4.74 Å². The Morgan fingerprint density at radius 3 is 2.13 bits per heavy atom. The Morgan fingerprint density at radius 2 is 1.34 bits per heavy atom. The van der Waals surface area contributed by atoms with Crippen LogP contribution in [0.2, 0.25) is 0 Å². The lowest BCUT2D eigenvalue weighted by Gasteiger charge is -2.19. The van der Waals surface area contributed by atoms with Gasteiger partial charge in [-0.3, -0.25) is 9.97 Å². The van der Waals surface area contributed by atoms with E-state index in [1.54, 1.807) is 7.11 Å². The first-order valence-electron chi connectivity index (χ1n) is 12.7. The Balaban J connectivity index is 1.71. The molecule has 0 aliphatic heterocycles. The first kappa shape index (κ1) is 21.0. The molecule has 0 aliphatic rings. The number of rotatable bonds is 3. The van der Waals surface area contributed by atoms with Crippen molar-refractivity contribution in [2.45, 2.75) is 0 Å². The number of hydrogen-bond acceptors (Lipinski definition) is 4. The van der Waals surface area contributed by atoms with Crippen molar-refractivity contribution in [1.29, 1.82) is 0 Å². The Labute approximate surface area is 218 Å². The third-order valence-electron chi connectivity index (χ3n) is 7.61. The predicted molar refractivity (Wildman–Crippen MR) is 156 cm³/mol. The third-order valence-corrected chi connectivity index (χ3v) is 7.61. The van der Waals surface area contributed by atoms with Crippen LogP contribution in [-0.2, 0) is 0 Å². The van der Waals surface area contributed by atoms with E-state index in [9.17, 15) is 0 Å². The summed E-state index contributed by atoms with van der Waals surface area (Å²) >= 11 is 0. The molecule has 4 aromatic heterocycles. The number of pyridine rings is 3. The highest BCUT2D eigenvalue weighted by molar-refractivity contribution is 6.37. The molecule has 9 rings (SSSR count). The molecule has 4 bridgehead atoms. The maximum Gasteiger partial charge on any atom is 0.118 e. The van der Waals surface area contributed by atoms with Gasteiger partial charge in [0.1, 0.15) is 5.75 Å². The van der Waals surface area contributed by atoms with Gasteiger partial charge in [0.25, 0.3) is 0 Å². The normalized spacial score (nSPS) is 11.8. The van der Waals surface area contributed by atoms with E-state index in [0.717, 1.165) is 50.1 Å². The van der Waals surface area contributed by atoms with Crippen molar-refractivity contribution in [3.63, 3.8) is 0 Å². The lowest BCUT2D eigenvalue weighted by Crippen LogP contribution is -1.97. The lowest BCUT2D eigenvalue weighted by molar-refractivity contribution is 0.415. The summed E-state index contributed by atoms with van der Waals surface area (Å²) in [6.07, 6.45) is 3.69. The number of aromatic nitrogens is 3. The van der Waals surface area contributed by atoms with Gasteiger partial charge in [-0.25, -0.2) is 4.98 Å². The molecule has 5 aromatic carbocycles. The third kappa shape index (κ3) is 2.88. The molecule has 0 spiro atoms. The number of fused-ring (bicyclic) bond motifs is 3. The standard InChI is InChI=1S/C34H21N3O/c1-38-21-13-11-20(12-14-21)22-15-16-25-23-7-2-3-8-24(23)27-19-29-33-26(9-6-18-36-33)30(22)31(25)32(27)34(37-29)28-10-4-5-17-35-28/h2-19H,1H3. The van der Waals surface area contributed by atoms with Crippen molar-refractivity contribution in [3.8, 4) is 28.3 Å². The monoisotopic (exact) mass is 487 g/mol. The van der Waals surface area contributed by atoms with Gasteiger partial charge >= 0.3 is 0 Å². The Bertz CT molecular complexity index is 2150. The van der Waals surface area contributed by atoms with Crippen molar-refractivity contribution in [3.05, 3.63) is 109 Å². The second-order valence-electron chi connectivity index (χ2n) is 9.58. The summed E-state index contributed by atoms with van der Waals surface area (Å²) in [6, 6.07) is 33.9. The van der Waals surface area contributed by atoms with E-state index in [1.807, 2.05) is 48.8 Å². The van der Waals surface area contributed by atoms with Crippen molar-refractivity contribution >= 4 is 54.1 Å². The summed E-state index contributed by atoms with van der Waals surface area (Å²) in [6.45, 7) is 0. The molecule has 178 valence electrons. The van der Waals surface area contributed by atoms with Crippen molar-refractivity contribution in [1.82, 2.24) is 15.0 Å². The maximum atomic E-state index is 5.45. The molecule has 0 unspecified atom stereocenters. The molecule has 38 heavy (non-hydrogen) atoms. The Kier molecular flexibility index (Phi) is 4.40. The summed E-state index contributed by atoms with van der Waals surface area (Å²) in [7, 11) is 1.70. The molecule has 0 amide bonds. The molecule has 0 saturated carbocycles. The van der Waals surface area contributed by atoms with E-state index in [1.165, 1.54) is 32.3 Å². The fourth-order valence-corrected chi connectivity index (χ4v) is 5.96. The highest BCUT2D eigenvalue weighted by Gasteiger charge is 2.22. The van der Waals surface area contributed by atoms with Gasteiger partial charge in [0.05, 0.1) is 29.5 Å². The van der Waals surface area contributed by atoms with Crippen molar-refractivity contribution in [2.75, 3.05) is 7.11 Å². The Morgan fingerprint density at radius 1 is 0.579 bits per heavy atom. The summed E-state index contributed by atoms with van der Waals surface area (Å²) in [5.41, 5.74) is 5.76. The van der Waals surface area contributed by atoms with E-state index >= 15 is 0 Å². The van der Waals surface area contributed by atoms with Crippen LogP contribution in [0, 0.1) is 0 Å². The van der Waals surface area contributed by atoms with Gasteiger partial charge in [-0.15, -0.1) is 0 Å². The van der Waals surface area contributed by atoms with E-state index in [0.29, 0.717) is 0 Å². The smallest absolute Gasteiger partial charge is 0.118 e. The average Bonchev–Trinajstić information content (AvgIpc) is 2.99. The minimum Gasteiger partial charge on any atom is -0.497 e. The fourth-order valence-electron chi connectivity index (χ4n) is 5.96. The number of nitrogens with zero attached hydrogens (tertiary/aromatic N) is 3. The largest absolute Gasteiger partial charge is 0.497 e. The van der Waals surface area contributed by atoms with Gasteiger partial charge in [0.2, 0.25) is 0 Å². The van der Waals surface area contributed by atoms with Crippen molar-refractivity contribution < 1.29 is 4.74 Å². The maximum absolute atomic E-state index is 5.45. The van der Waals surface area contributed by atoms with E-state index in [2.05, 4.69) is 60.7 Å². The van der Waals surface area contributed by atoms with Gasteiger partial charge in [-0.1, -0.05) is 60.7 Å². The lowest BCUT2D eigenvalue weighted by atomic mass is 9.86. The van der Waals surface area contributed by atoms with E-state index in [-0.39, 0.29) is 0 Å². The van der Waals surface area contributed by atoms with Crippen LogP contribution in [0.1, 0.15) is 0 Å². The van der Waals surface area contributed by atoms with Gasteiger partial charge in [0.15, 0.2) is 0 Å². The fraction of sp³-hybridized carbons (Fsp3) is 0.0294. The zero-order valence-electron chi connectivity index (χ0n) is 20.6. The molecule has 0 radical (unpaired) electrons. The minimum atomic E-state index is 0.837. The van der Waals surface area contributed by atoms with Crippen LogP contribution in [0.3, 0.4) is 0 Å². The summed E-state index contributed by atoms with van der Waals surface area (Å²) in [5.74, 6) is 0.837. The summed E-state index contributed by atoms with van der Waals surface area (Å²) in [4.78, 5) is 14.8. The first-order valence-corrected chi connectivity index (χ1v) is 12.7. The molecular weight excluding hydrogens is 466 g/mol. The molecular formula is C34H21N3O. The summed E-state index contributed by atoms with van der Waals surface area (Å²) < 4.78 is 5.45. The summed E-state index contributed by atoms with van der Waals surface area (Å²) in [5, 5.41) is 9.37. The number of benzene rings is 4. The second kappa shape index (κ2) is 7.95. The van der Waals surface area contributed by atoms with Crippen LogP contribution < -0.4 is 4.74 Å². The van der Waals surface area contributed by atoms with Gasteiger partial charge in [-0.2, -0.15) is 0 Å². The molecule has 4 heteroatoms.